The first kappa shape index (κ1) is 10.3. The van der Waals surface area contributed by atoms with Crippen LogP contribution in [-0.2, 0) is 6.42 Å². The molecule has 0 fully saturated rings. The number of hydrogen-bond donors (Lipinski definition) is 1. The molecule has 0 spiro atoms. The second-order valence-electron chi connectivity index (χ2n) is 3.37. The van der Waals surface area contributed by atoms with Crippen molar-refractivity contribution in [3.63, 3.8) is 0 Å². The second kappa shape index (κ2) is 4.53. The van der Waals surface area contributed by atoms with E-state index in [0.717, 1.165) is 17.7 Å². The third-order valence-electron chi connectivity index (χ3n) is 2.33. The van der Waals surface area contributed by atoms with Gasteiger partial charge in [-0.2, -0.15) is 0 Å². The lowest BCUT2D eigenvalue weighted by molar-refractivity contribution is 0.0956. The first-order chi connectivity index (χ1) is 7.31. The number of benzene rings is 1. The summed E-state index contributed by atoms with van der Waals surface area (Å²) in [6.07, 6.45) is 0.881. The van der Waals surface area contributed by atoms with E-state index in [2.05, 4.69) is 5.32 Å². The van der Waals surface area contributed by atoms with Crippen LogP contribution in [-0.4, -0.2) is 24.9 Å². The third kappa shape index (κ3) is 2.23. The molecule has 80 valence electrons. The van der Waals surface area contributed by atoms with Gasteiger partial charge in [0.15, 0.2) is 0 Å². The fraction of sp³-hybridized carbons (Fsp3) is 0.364. The molecule has 1 aromatic rings. The predicted molar refractivity (Wildman–Crippen MR) is 58.7 cm³/mol. The minimum atomic E-state index is -0.0784. The van der Waals surface area contributed by atoms with Crippen molar-refractivity contribution in [1.82, 2.24) is 5.32 Å². The Morgan fingerprint density at radius 2 is 2.40 bits per heavy atom. The fourth-order valence-corrected chi connectivity index (χ4v) is 1.69. The number of ether oxygens (including phenoxy) is 1. The van der Waals surface area contributed by atoms with Crippen LogP contribution in [0.4, 0.5) is 0 Å². The average Bonchev–Trinajstić information content (AvgIpc) is 2.72. The number of amides is 1. The van der Waals surface area contributed by atoms with Gasteiger partial charge in [0.1, 0.15) is 5.75 Å². The number of nitrogens with one attached hydrogen (secondary N) is 1. The third-order valence-corrected chi connectivity index (χ3v) is 2.52. The number of halogens is 1. The molecule has 1 aliphatic heterocycles. The monoisotopic (exact) mass is 225 g/mol. The zero-order valence-electron chi connectivity index (χ0n) is 8.25. The molecule has 0 saturated heterocycles. The summed E-state index contributed by atoms with van der Waals surface area (Å²) in [5.74, 6) is 1.24. The summed E-state index contributed by atoms with van der Waals surface area (Å²) in [6.45, 7) is 1.20. The topological polar surface area (TPSA) is 38.3 Å². The molecule has 4 heteroatoms. The van der Waals surface area contributed by atoms with E-state index in [9.17, 15) is 4.79 Å². The first-order valence-electron chi connectivity index (χ1n) is 4.91. The van der Waals surface area contributed by atoms with Crippen LogP contribution in [0.1, 0.15) is 15.9 Å². The Morgan fingerprint density at radius 3 is 3.20 bits per heavy atom. The molecule has 1 aliphatic rings. The van der Waals surface area contributed by atoms with Crippen molar-refractivity contribution in [2.75, 3.05) is 19.0 Å². The molecule has 3 nitrogen and oxygen atoms in total. The van der Waals surface area contributed by atoms with Crippen LogP contribution in [0.3, 0.4) is 0 Å². The highest BCUT2D eigenvalue weighted by Gasteiger charge is 2.14. The summed E-state index contributed by atoms with van der Waals surface area (Å²) in [7, 11) is 0. The van der Waals surface area contributed by atoms with Gasteiger partial charge >= 0.3 is 0 Å². The van der Waals surface area contributed by atoms with Crippen molar-refractivity contribution < 1.29 is 9.53 Å². The Morgan fingerprint density at radius 1 is 1.53 bits per heavy atom. The zero-order valence-corrected chi connectivity index (χ0v) is 9.01. The van der Waals surface area contributed by atoms with Crippen molar-refractivity contribution >= 4 is 17.5 Å². The summed E-state index contributed by atoms with van der Waals surface area (Å²) < 4.78 is 5.36. The predicted octanol–water partition coefficient (Wildman–Crippen LogP) is 1.59. The van der Waals surface area contributed by atoms with Gasteiger partial charge in [-0.05, 0) is 23.8 Å². The molecular weight excluding hydrogens is 214 g/mol. The quantitative estimate of drug-likeness (QED) is 0.794. The number of rotatable bonds is 3. The van der Waals surface area contributed by atoms with Crippen LogP contribution in [0, 0.1) is 0 Å². The molecule has 1 amide bonds. The summed E-state index contributed by atoms with van der Waals surface area (Å²) in [4.78, 5) is 11.6. The number of hydrogen-bond acceptors (Lipinski definition) is 2. The van der Waals surface area contributed by atoms with Gasteiger partial charge in [0, 0.05) is 24.4 Å². The van der Waals surface area contributed by atoms with Crippen molar-refractivity contribution in [3.8, 4) is 5.75 Å². The second-order valence-corrected chi connectivity index (χ2v) is 3.74. The first-order valence-corrected chi connectivity index (χ1v) is 5.44. The van der Waals surface area contributed by atoms with Gasteiger partial charge in [0.25, 0.3) is 5.91 Å². The lowest BCUT2D eigenvalue weighted by Crippen LogP contribution is -2.25. The Kier molecular flexibility index (Phi) is 3.11. The van der Waals surface area contributed by atoms with Crippen molar-refractivity contribution in [1.29, 1.82) is 0 Å². The molecule has 0 saturated carbocycles. The number of alkyl halides is 1. The van der Waals surface area contributed by atoms with Gasteiger partial charge in [-0.3, -0.25) is 4.79 Å². The molecule has 0 aliphatic carbocycles. The number of fused-ring (bicyclic) bond motifs is 1. The molecule has 1 heterocycles. The Labute approximate surface area is 93.4 Å². The Bertz CT molecular complexity index is 379. The van der Waals surface area contributed by atoms with Crippen molar-refractivity contribution in [2.45, 2.75) is 6.42 Å². The number of carbonyl (C=O) groups is 1. The lowest BCUT2D eigenvalue weighted by Gasteiger charge is -2.04. The molecule has 0 radical (unpaired) electrons. The SMILES string of the molecule is O=C(NCCCl)c1ccc2c(c1)CCO2. The van der Waals surface area contributed by atoms with Crippen LogP contribution in [0.25, 0.3) is 0 Å². The van der Waals surface area contributed by atoms with E-state index in [1.807, 2.05) is 12.1 Å². The Hall–Kier alpha value is -1.22. The lowest BCUT2D eigenvalue weighted by atomic mass is 10.1. The molecular formula is C11H12ClNO2. The van der Waals surface area contributed by atoms with Crippen LogP contribution >= 0.6 is 11.6 Å². The van der Waals surface area contributed by atoms with E-state index in [1.165, 1.54) is 0 Å². The highest BCUT2D eigenvalue weighted by molar-refractivity contribution is 6.18. The minimum Gasteiger partial charge on any atom is -0.493 e. The van der Waals surface area contributed by atoms with E-state index >= 15 is 0 Å². The Balaban J connectivity index is 2.12. The zero-order chi connectivity index (χ0) is 10.7. The summed E-state index contributed by atoms with van der Waals surface area (Å²) in [6, 6.07) is 5.50. The average molecular weight is 226 g/mol. The van der Waals surface area contributed by atoms with Gasteiger partial charge in [-0.15, -0.1) is 11.6 Å². The van der Waals surface area contributed by atoms with Gasteiger partial charge in [0.05, 0.1) is 6.61 Å². The fourth-order valence-electron chi connectivity index (χ4n) is 1.59. The molecule has 0 unspecified atom stereocenters. The van der Waals surface area contributed by atoms with Gasteiger partial charge < -0.3 is 10.1 Å². The van der Waals surface area contributed by atoms with E-state index in [1.54, 1.807) is 6.07 Å². The molecule has 1 aromatic carbocycles. The molecule has 0 aromatic heterocycles. The summed E-state index contributed by atoms with van der Waals surface area (Å²) in [5.41, 5.74) is 1.78. The normalized spacial score (nSPS) is 13.1. The smallest absolute Gasteiger partial charge is 0.251 e. The maximum atomic E-state index is 11.6. The molecule has 2 rings (SSSR count). The van der Waals surface area contributed by atoms with Crippen molar-refractivity contribution in [2.24, 2.45) is 0 Å². The summed E-state index contributed by atoms with van der Waals surface area (Å²) in [5, 5.41) is 2.73. The van der Waals surface area contributed by atoms with E-state index in [0.29, 0.717) is 24.6 Å². The van der Waals surface area contributed by atoms with E-state index in [4.69, 9.17) is 16.3 Å². The number of carbonyl (C=O) groups excluding carboxylic acids is 1. The van der Waals surface area contributed by atoms with Crippen LogP contribution in [0.5, 0.6) is 5.75 Å². The van der Waals surface area contributed by atoms with Crippen LogP contribution in [0.2, 0.25) is 0 Å². The molecule has 15 heavy (non-hydrogen) atoms. The highest BCUT2D eigenvalue weighted by atomic mass is 35.5. The summed E-state index contributed by atoms with van der Waals surface area (Å²) >= 11 is 5.49. The van der Waals surface area contributed by atoms with Crippen LogP contribution in [0.15, 0.2) is 18.2 Å². The standard InChI is InChI=1S/C11H12ClNO2/c12-4-5-13-11(14)9-1-2-10-8(7-9)3-6-15-10/h1-2,7H,3-6H2,(H,13,14). The van der Waals surface area contributed by atoms with E-state index in [-0.39, 0.29) is 5.91 Å². The molecule has 0 atom stereocenters. The van der Waals surface area contributed by atoms with Gasteiger partial charge in [0.2, 0.25) is 0 Å². The van der Waals surface area contributed by atoms with Crippen molar-refractivity contribution in [3.05, 3.63) is 29.3 Å². The van der Waals surface area contributed by atoms with Crippen LogP contribution < -0.4 is 10.1 Å². The molecule has 0 bridgehead atoms. The maximum absolute atomic E-state index is 11.6. The molecule has 1 N–H and O–H groups in total. The van der Waals surface area contributed by atoms with Gasteiger partial charge in [-0.25, -0.2) is 0 Å². The largest absolute Gasteiger partial charge is 0.493 e. The maximum Gasteiger partial charge on any atom is 0.251 e. The minimum absolute atomic E-state index is 0.0784. The van der Waals surface area contributed by atoms with Gasteiger partial charge in [-0.1, -0.05) is 0 Å². The highest BCUT2D eigenvalue weighted by Crippen LogP contribution is 2.25. The van der Waals surface area contributed by atoms with E-state index < -0.39 is 0 Å².